The number of ether oxygens (including phenoxy) is 2. The molecule has 0 radical (unpaired) electrons. The Balaban J connectivity index is 2.68. The fraction of sp³-hybridized carbons (Fsp3) is 0.545. The van der Waals surface area contributed by atoms with E-state index in [1.807, 2.05) is 0 Å². The van der Waals surface area contributed by atoms with E-state index < -0.39 is 23.3 Å². The zero-order valence-electron chi connectivity index (χ0n) is 10.2. The van der Waals surface area contributed by atoms with Crippen molar-refractivity contribution in [2.45, 2.75) is 12.7 Å². The molecule has 0 aliphatic rings. The van der Waals surface area contributed by atoms with Crippen LogP contribution < -0.4 is 0 Å². The van der Waals surface area contributed by atoms with Gasteiger partial charge in [-0.2, -0.15) is 13.2 Å². The van der Waals surface area contributed by atoms with Gasteiger partial charge in [-0.25, -0.2) is 4.79 Å². The predicted octanol–water partition coefficient (Wildman–Crippen LogP) is 1.87. The van der Waals surface area contributed by atoms with Gasteiger partial charge in [0.2, 0.25) is 0 Å². The molecular weight excluding hydrogens is 267 g/mol. The molecule has 0 unspecified atom stereocenters. The zero-order chi connectivity index (χ0) is 14.5. The van der Waals surface area contributed by atoms with E-state index in [0.29, 0.717) is 13.2 Å². The summed E-state index contributed by atoms with van der Waals surface area (Å²) < 4.78 is 48.7. The molecule has 0 aliphatic carbocycles. The maximum Gasteiger partial charge on any atom is 0.418 e. The number of hydrogen-bond donors (Lipinski definition) is 1. The van der Waals surface area contributed by atoms with Crippen LogP contribution in [-0.2, 0) is 22.2 Å². The molecule has 1 heterocycles. The Labute approximate surface area is 107 Å². The quantitative estimate of drug-likeness (QED) is 0.775. The third-order valence-corrected chi connectivity index (χ3v) is 2.34. The number of halogens is 3. The number of carboxylic acids is 1. The number of carboxylic acid groups (broad SMARTS) is 1. The number of hydrogen-bond acceptors (Lipinski definition) is 3. The van der Waals surface area contributed by atoms with Gasteiger partial charge in [0.25, 0.3) is 0 Å². The standard InChI is InChI=1S/C11H14F3NO4/c1-18-4-5-19-3-2-15-6-8(10(16)17)9(7-15)11(12,13)14/h6-7H,2-5H2,1H3,(H,16,17). The van der Waals surface area contributed by atoms with Crippen molar-refractivity contribution in [2.75, 3.05) is 26.9 Å². The monoisotopic (exact) mass is 281 g/mol. The fourth-order valence-electron chi connectivity index (χ4n) is 1.45. The smallest absolute Gasteiger partial charge is 0.418 e. The Hall–Kier alpha value is -1.54. The summed E-state index contributed by atoms with van der Waals surface area (Å²) in [5.74, 6) is -1.61. The molecule has 0 aliphatic heterocycles. The van der Waals surface area contributed by atoms with Crippen molar-refractivity contribution in [3.8, 4) is 0 Å². The minimum atomic E-state index is -4.68. The van der Waals surface area contributed by atoms with Crippen LogP contribution >= 0.6 is 0 Å². The summed E-state index contributed by atoms with van der Waals surface area (Å²) in [7, 11) is 1.50. The van der Waals surface area contributed by atoms with Crippen LogP contribution in [0.15, 0.2) is 12.4 Å². The van der Waals surface area contributed by atoms with Crippen molar-refractivity contribution in [2.24, 2.45) is 0 Å². The molecule has 0 fully saturated rings. The Morgan fingerprint density at radius 2 is 2.00 bits per heavy atom. The third-order valence-electron chi connectivity index (χ3n) is 2.34. The lowest BCUT2D eigenvalue weighted by Gasteiger charge is -2.05. The number of carbonyl (C=O) groups is 1. The predicted molar refractivity (Wildman–Crippen MR) is 59.1 cm³/mol. The Morgan fingerprint density at radius 3 is 2.47 bits per heavy atom. The molecule has 8 heteroatoms. The summed E-state index contributed by atoms with van der Waals surface area (Å²) in [6, 6.07) is 0. The highest BCUT2D eigenvalue weighted by molar-refractivity contribution is 5.89. The van der Waals surface area contributed by atoms with E-state index in [4.69, 9.17) is 14.6 Å². The van der Waals surface area contributed by atoms with E-state index in [1.165, 1.54) is 7.11 Å². The van der Waals surface area contributed by atoms with Crippen molar-refractivity contribution in [3.05, 3.63) is 23.5 Å². The van der Waals surface area contributed by atoms with E-state index in [0.717, 1.165) is 17.0 Å². The maximum absolute atomic E-state index is 12.6. The average molecular weight is 281 g/mol. The average Bonchev–Trinajstić information content (AvgIpc) is 2.73. The molecule has 0 aromatic carbocycles. The van der Waals surface area contributed by atoms with Crippen LogP contribution in [-0.4, -0.2) is 42.6 Å². The van der Waals surface area contributed by atoms with Crippen molar-refractivity contribution in [3.63, 3.8) is 0 Å². The molecule has 1 N–H and O–H groups in total. The Morgan fingerprint density at radius 1 is 1.32 bits per heavy atom. The van der Waals surface area contributed by atoms with Crippen molar-refractivity contribution >= 4 is 5.97 Å². The first-order chi connectivity index (χ1) is 8.86. The van der Waals surface area contributed by atoms with Crippen LogP contribution in [0.2, 0.25) is 0 Å². The summed E-state index contributed by atoms with van der Waals surface area (Å²) >= 11 is 0. The second kappa shape index (κ2) is 6.58. The van der Waals surface area contributed by atoms with E-state index in [2.05, 4.69) is 0 Å². The molecular formula is C11H14F3NO4. The first-order valence-electron chi connectivity index (χ1n) is 5.43. The highest BCUT2D eigenvalue weighted by atomic mass is 19.4. The van der Waals surface area contributed by atoms with Crippen molar-refractivity contribution in [1.82, 2.24) is 4.57 Å². The van der Waals surface area contributed by atoms with Gasteiger partial charge in [-0.05, 0) is 0 Å². The number of aromatic carboxylic acids is 1. The highest BCUT2D eigenvalue weighted by Gasteiger charge is 2.36. The van der Waals surface area contributed by atoms with Crippen LogP contribution in [0.3, 0.4) is 0 Å². The molecule has 5 nitrogen and oxygen atoms in total. The molecule has 0 atom stereocenters. The van der Waals surface area contributed by atoms with Gasteiger partial charge in [0.15, 0.2) is 0 Å². The number of aromatic nitrogens is 1. The van der Waals surface area contributed by atoms with Gasteiger partial charge in [0.05, 0.1) is 30.9 Å². The Kier molecular flexibility index (Phi) is 5.37. The van der Waals surface area contributed by atoms with Gasteiger partial charge in [-0.1, -0.05) is 0 Å². The summed E-state index contributed by atoms with van der Waals surface area (Å²) in [6.07, 6.45) is -2.97. The lowest BCUT2D eigenvalue weighted by molar-refractivity contribution is -0.138. The van der Waals surface area contributed by atoms with E-state index in [9.17, 15) is 18.0 Å². The van der Waals surface area contributed by atoms with E-state index >= 15 is 0 Å². The minimum absolute atomic E-state index is 0.139. The number of methoxy groups -OCH3 is 1. The lowest BCUT2D eigenvalue weighted by Crippen LogP contribution is -2.10. The number of rotatable bonds is 7. The lowest BCUT2D eigenvalue weighted by atomic mass is 10.2. The summed E-state index contributed by atoms with van der Waals surface area (Å²) in [5, 5.41) is 8.72. The van der Waals surface area contributed by atoms with Crippen LogP contribution in [0.4, 0.5) is 13.2 Å². The molecule has 0 spiro atoms. The second-order valence-corrected chi connectivity index (χ2v) is 3.73. The molecule has 19 heavy (non-hydrogen) atoms. The first kappa shape index (κ1) is 15.5. The summed E-state index contributed by atoms with van der Waals surface area (Å²) in [5.41, 5.74) is -1.92. The van der Waals surface area contributed by atoms with Crippen LogP contribution in [0.5, 0.6) is 0 Å². The van der Waals surface area contributed by atoms with Crippen LogP contribution in [0.25, 0.3) is 0 Å². The van der Waals surface area contributed by atoms with Gasteiger partial charge < -0.3 is 19.1 Å². The van der Waals surface area contributed by atoms with Gasteiger partial charge in [-0.15, -0.1) is 0 Å². The number of alkyl halides is 3. The molecule has 1 rings (SSSR count). The van der Waals surface area contributed by atoms with Gasteiger partial charge >= 0.3 is 12.1 Å². The molecule has 0 saturated heterocycles. The first-order valence-corrected chi connectivity index (χ1v) is 5.43. The van der Waals surface area contributed by atoms with Crippen molar-refractivity contribution in [1.29, 1.82) is 0 Å². The largest absolute Gasteiger partial charge is 0.478 e. The second-order valence-electron chi connectivity index (χ2n) is 3.73. The third kappa shape index (κ3) is 4.56. The minimum Gasteiger partial charge on any atom is -0.478 e. The Bertz CT molecular complexity index is 428. The summed E-state index contributed by atoms with van der Waals surface area (Å²) in [4.78, 5) is 10.7. The highest BCUT2D eigenvalue weighted by Crippen LogP contribution is 2.32. The molecule has 0 amide bonds. The zero-order valence-corrected chi connectivity index (χ0v) is 10.2. The molecule has 1 aromatic heterocycles. The van der Waals surface area contributed by atoms with Crippen molar-refractivity contribution < 1.29 is 32.5 Å². The van der Waals surface area contributed by atoms with Crippen LogP contribution in [0.1, 0.15) is 15.9 Å². The normalized spacial score (nSPS) is 11.8. The molecule has 0 saturated carbocycles. The van der Waals surface area contributed by atoms with E-state index in [1.54, 1.807) is 0 Å². The molecule has 0 bridgehead atoms. The van der Waals surface area contributed by atoms with Gasteiger partial charge in [-0.3, -0.25) is 0 Å². The van der Waals surface area contributed by atoms with Crippen LogP contribution in [0, 0.1) is 0 Å². The maximum atomic E-state index is 12.6. The van der Waals surface area contributed by atoms with Gasteiger partial charge in [0.1, 0.15) is 0 Å². The molecule has 108 valence electrons. The fourth-order valence-corrected chi connectivity index (χ4v) is 1.45. The SMILES string of the molecule is COCCOCCn1cc(C(=O)O)c(C(F)(F)F)c1. The topological polar surface area (TPSA) is 60.7 Å². The van der Waals surface area contributed by atoms with Gasteiger partial charge in [0, 0.05) is 26.0 Å². The summed E-state index contributed by atoms with van der Waals surface area (Å²) in [6.45, 7) is 1.03. The van der Waals surface area contributed by atoms with E-state index in [-0.39, 0.29) is 13.2 Å². The molecule has 1 aromatic rings. The number of nitrogens with zero attached hydrogens (tertiary/aromatic N) is 1.